The second-order valence-corrected chi connectivity index (χ2v) is 6.82. The maximum Gasteiger partial charge on any atom is 0.264 e. The lowest BCUT2D eigenvalue weighted by Gasteiger charge is -2.07. The van der Waals surface area contributed by atoms with Gasteiger partial charge < -0.3 is 0 Å². The molecule has 0 aliphatic carbocycles. The molecule has 0 bridgehead atoms. The summed E-state index contributed by atoms with van der Waals surface area (Å²) in [5.74, 6) is -0.855. The lowest BCUT2D eigenvalue weighted by molar-refractivity contribution is -0.119. The van der Waals surface area contributed by atoms with E-state index < -0.39 is 15.9 Å². The highest BCUT2D eigenvalue weighted by Gasteiger charge is 2.18. The van der Waals surface area contributed by atoms with Crippen molar-refractivity contribution in [3.63, 3.8) is 0 Å². The van der Waals surface area contributed by atoms with Gasteiger partial charge in [0.05, 0.1) is 11.1 Å². The number of ketones is 1. The minimum Gasteiger partial charge on any atom is -0.295 e. The van der Waals surface area contributed by atoms with Crippen LogP contribution in [0, 0.1) is 0 Å². The summed E-state index contributed by atoms with van der Waals surface area (Å²) in [6, 6.07) is 5.57. The summed E-state index contributed by atoms with van der Waals surface area (Å²) < 4.78 is 28.0. The Morgan fingerprint density at radius 3 is 2.65 bits per heavy atom. The average Bonchev–Trinajstić information content (AvgIpc) is 2.90. The van der Waals surface area contributed by atoms with Gasteiger partial charge in [-0.2, -0.15) is 5.10 Å². The third-order valence-electron chi connectivity index (χ3n) is 3.20. The number of Topliss-reactive ketones (excluding diaryl/α,β-unsaturated/α-hetero) is 1. The standard InChI is InChI=1S/C15H17N3O4S/c1-11(19)13-4-3-5-14(8-13)23(21,22)17-15(20)7-6-12-9-16-18(2)10-12/h3-5,8-10H,6-7H2,1-2H3,(H,17,20). The molecule has 122 valence electrons. The molecule has 0 aliphatic rings. The Hall–Kier alpha value is -2.48. The predicted molar refractivity (Wildman–Crippen MR) is 83.3 cm³/mol. The van der Waals surface area contributed by atoms with E-state index in [1.165, 1.54) is 31.2 Å². The minimum absolute atomic E-state index is 0.0251. The fourth-order valence-electron chi connectivity index (χ4n) is 2.00. The molecular weight excluding hydrogens is 318 g/mol. The van der Waals surface area contributed by atoms with E-state index in [9.17, 15) is 18.0 Å². The van der Waals surface area contributed by atoms with Crippen LogP contribution in [-0.2, 0) is 28.3 Å². The molecule has 2 rings (SSSR count). The van der Waals surface area contributed by atoms with E-state index in [1.807, 2.05) is 4.72 Å². The zero-order valence-corrected chi connectivity index (χ0v) is 13.6. The van der Waals surface area contributed by atoms with E-state index in [4.69, 9.17) is 0 Å². The topological polar surface area (TPSA) is 98.1 Å². The number of aromatic nitrogens is 2. The Morgan fingerprint density at radius 1 is 1.30 bits per heavy atom. The molecule has 0 radical (unpaired) electrons. The molecule has 1 aromatic heterocycles. The molecule has 8 heteroatoms. The van der Waals surface area contributed by atoms with E-state index in [0.29, 0.717) is 6.42 Å². The first-order chi connectivity index (χ1) is 10.8. The van der Waals surface area contributed by atoms with E-state index >= 15 is 0 Å². The summed E-state index contributed by atoms with van der Waals surface area (Å²) in [6.45, 7) is 1.35. The van der Waals surface area contributed by atoms with Crippen molar-refractivity contribution in [1.29, 1.82) is 0 Å². The quantitative estimate of drug-likeness (QED) is 0.796. The van der Waals surface area contributed by atoms with Gasteiger partial charge in [0.2, 0.25) is 5.91 Å². The van der Waals surface area contributed by atoms with Crippen molar-refractivity contribution in [2.45, 2.75) is 24.7 Å². The Bertz CT molecular complexity index is 840. The van der Waals surface area contributed by atoms with Crippen molar-refractivity contribution in [3.8, 4) is 0 Å². The van der Waals surface area contributed by atoms with Gasteiger partial charge in [0.15, 0.2) is 5.78 Å². The second kappa shape index (κ2) is 6.74. The summed E-state index contributed by atoms with van der Waals surface area (Å²) >= 11 is 0. The Labute approximate surface area is 134 Å². The number of hydrogen-bond acceptors (Lipinski definition) is 5. The summed E-state index contributed by atoms with van der Waals surface area (Å²) in [4.78, 5) is 23.1. The largest absolute Gasteiger partial charge is 0.295 e. The average molecular weight is 335 g/mol. The Balaban J connectivity index is 2.04. The molecule has 0 spiro atoms. The van der Waals surface area contributed by atoms with Gasteiger partial charge in [0.25, 0.3) is 10.0 Å². The van der Waals surface area contributed by atoms with Crippen LogP contribution in [0.1, 0.15) is 29.3 Å². The number of nitrogens with one attached hydrogen (secondary N) is 1. The van der Waals surface area contributed by atoms with Gasteiger partial charge in [-0.05, 0) is 31.0 Å². The van der Waals surface area contributed by atoms with Gasteiger partial charge in [0, 0.05) is 25.2 Å². The molecule has 1 heterocycles. The molecule has 1 aromatic carbocycles. The van der Waals surface area contributed by atoms with Gasteiger partial charge in [-0.15, -0.1) is 0 Å². The molecule has 0 unspecified atom stereocenters. The molecule has 1 amide bonds. The van der Waals surface area contributed by atoms with Gasteiger partial charge in [-0.3, -0.25) is 14.3 Å². The Morgan fingerprint density at radius 2 is 2.04 bits per heavy atom. The van der Waals surface area contributed by atoms with Crippen LogP contribution >= 0.6 is 0 Å². The highest BCUT2D eigenvalue weighted by atomic mass is 32.2. The molecule has 23 heavy (non-hydrogen) atoms. The third-order valence-corrected chi connectivity index (χ3v) is 4.57. The van der Waals surface area contributed by atoms with E-state index in [2.05, 4.69) is 5.10 Å². The number of carbonyl (C=O) groups excluding carboxylic acids is 2. The normalized spacial score (nSPS) is 11.2. The second-order valence-electron chi connectivity index (χ2n) is 5.13. The summed E-state index contributed by atoms with van der Waals surface area (Å²) in [5, 5.41) is 3.98. The number of carbonyl (C=O) groups is 2. The highest BCUT2D eigenvalue weighted by molar-refractivity contribution is 7.90. The van der Waals surface area contributed by atoms with Crippen LogP contribution in [0.3, 0.4) is 0 Å². The highest BCUT2D eigenvalue weighted by Crippen LogP contribution is 2.12. The number of benzene rings is 1. The monoisotopic (exact) mass is 335 g/mol. The number of sulfonamides is 1. The zero-order chi connectivity index (χ0) is 17.0. The number of nitrogens with zero attached hydrogens (tertiary/aromatic N) is 2. The van der Waals surface area contributed by atoms with Crippen LogP contribution in [0.4, 0.5) is 0 Å². The first-order valence-corrected chi connectivity index (χ1v) is 8.40. The van der Waals surface area contributed by atoms with E-state index in [1.54, 1.807) is 24.1 Å². The van der Waals surface area contributed by atoms with Gasteiger partial charge >= 0.3 is 0 Å². The van der Waals surface area contributed by atoms with Crippen molar-refractivity contribution in [2.24, 2.45) is 7.05 Å². The van der Waals surface area contributed by atoms with Crippen LogP contribution in [0.15, 0.2) is 41.6 Å². The summed E-state index contributed by atoms with van der Waals surface area (Å²) in [5.41, 5.74) is 1.12. The van der Waals surface area contributed by atoms with Crippen molar-refractivity contribution in [2.75, 3.05) is 0 Å². The number of rotatable bonds is 6. The third kappa shape index (κ3) is 4.49. The lowest BCUT2D eigenvalue weighted by atomic mass is 10.2. The molecular formula is C15H17N3O4S. The SMILES string of the molecule is CC(=O)c1cccc(S(=O)(=O)NC(=O)CCc2cnn(C)c2)c1. The van der Waals surface area contributed by atoms with Crippen molar-refractivity contribution in [3.05, 3.63) is 47.8 Å². The molecule has 0 saturated carbocycles. The fraction of sp³-hybridized carbons (Fsp3) is 0.267. The molecule has 2 aromatic rings. The lowest BCUT2D eigenvalue weighted by Crippen LogP contribution is -2.30. The first kappa shape index (κ1) is 16.9. The van der Waals surface area contributed by atoms with Gasteiger partial charge in [0.1, 0.15) is 0 Å². The number of hydrogen-bond donors (Lipinski definition) is 1. The predicted octanol–water partition coefficient (Wildman–Crippen LogP) is 1.06. The van der Waals surface area contributed by atoms with Gasteiger partial charge in [-0.1, -0.05) is 12.1 Å². The maximum absolute atomic E-state index is 12.2. The summed E-state index contributed by atoms with van der Waals surface area (Å²) in [7, 11) is -2.23. The van der Waals surface area contributed by atoms with Crippen LogP contribution in [0.5, 0.6) is 0 Å². The van der Waals surface area contributed by atoms with Crippen LogP contribution < -0.4 is 4.72 Å². The molecule has 0 aliphatic heterocycles. The number of aryl methyl sites for hydroxylation is 2. The smallest absolute Gasteiger partial charge is 0.264 e. The zero-order valence-electron chi connectivity index (χ0n) is 12.8. The Kier molecular flexibility index (Phi) is 4.95. The van der Waals surface area contributed by atoms with Crippen LogP contribution in [0.2, 0.25) is 0 Å². The minimum atomic E-state index is -3.99. The molecule has 1 N–H and O–H groups in total. The van der Waals surface area contributed by atoms with Crippen molar-refractivity contribution in [1.82, 2.24) is 14.5 Å². The van der Waals surface area contributed by atoms with Crippen LogP contribution in [0.25, 0.3) is 0 Å². The summed E-state index contributed by atoms with van der Waals surface area (Å²) in [6.07, 6.45) is 3.80. The van der Waals surface area contributed by atoms with Gasteiger partial charge in [-0.25, -0.2) is 13.1 Å². The fourth-order valence-corrected chi connectivity index (χ4v) is 3.06. The molecule has 0 saturated heterocycles. The molecule has 7 nitrogen and oxygen atoms in total. The van der Waals surface area contributed by atoms with Crippen LogP contribution in [-0.4, -0.2) is 29.9 Å². The van der Waals surface area contributed by atoms with E-state index in [-0.39, 0.29) is 22.7 Å². The van der Waals surface area contributed by atoms with Crippen molar-refractivity contribution < 1.29 is 18.0 Å². The molecule has 0 atom stereocenters. The molecule has 0 fully saturated rings. The van der Waals surface area contributed by atoms with Crippen molar-refractivity contribution >= 4 is 21.7 Å². The maximum atomic E-state index is 12.2. The van der Waals surface area contributed by atoms with E-state index in [0.717, 1.165) is 5.56 Å². The number of amides is 1. The first-order valence-electron chi connectivity index (χ1n) is 6.92.